The van der Waals surface area contributed by atoms with Crippen molar-refractivity contribution in [2.45, 2.75) is 52.6 Å². The van der Waals surface area contributed by atoms with E-state index in [4.69, 9.17) is 0 Å². The number of nitrogens with zero attached hydrogens (tertiary/aromatic N) is 2. The van der Waals surface area contributed by atoms with E-state index in [1.54, 1.807) is 6.92 Å². The quantitative estimate of drug-likeness (QED) is 0.759. The molecule has 1 aliphatic rings. The van der Waals surface area contributed by atoms with Crippen LogP contribution in [-0.4, -0.2) is 23.7 Å². The normalized spacial score (nSPS) is 18.6. The van der Waals surface area contributed by atoms with Crippen LogP contribution in [0.5, 0.6) is 0 Å². The van der Waals surface area contributed by atoms with Crippen molar-refractivity contribution in [3.63, 3.8) is 0 Å². The smallest absolute Gasteiger partial charge is 0.134 e. The van der Waals surface area contributed by atoms with Gasteiger partial charge in [-0.1, -0.05) is 33.4 Å². The molecule has 0 unspecified atom stereocenters. The molecule has 0 atom stereocenters. The maximum absolute atomic E-state index is 14.5. The molecular weight excluding hydrogens is 263 g/mol. The topological polar surface area (TPSA) is 16.1 Å². The first-order valence-electron chi connectivity index (χ1n) is 7.74. The fraction of sp³-hybridized carbons (Fsp3) is 0.611. The second-order valence-electron chi connectivity index (χ2n) is 7.49. The average molecular weight is 290 g/mol. The van der Waals surface area contributed by atoms with Gasteiger partial charge in [0.1, 0.15) is 11.5 Å². The Kier molecular flexibility index (Phi) is 4.40. The van der Waals surface area contributed by atoms with Crippen LogP contribution < -0.4 is 4.90 Å². The van der Waals surface area contributed by atoms with E-state index in [-0.39, 0.29) is 5.41 Å². The van der Waals surface area contributed by atoms with Crippen molar-refractivity contribution in [2.75, 3.05) is 18.0 Å². The van der Waals surface area contributed by atoms with Gasteiger partial charge in [0.15, 0.2) is 0 Å². The highest BCUT2D eigenvalue weighted by Gasteiger charge is 2.35. The molecule has 2 nitrogen and oxygen atoms in total. The zero-order valence-corrected chi connectivity index (χ0v) is 13.7. The third-order valence-corrected chi connectivity index (χ3v) is 4.19. The van der Waals surface area contributed by atoms with Crippen LogP contribution in [0.4, 0.5) is 10.2 Å². The van der Waals surface area contributed by atoms with E-state index in [1.807, 2.05) is 6.20 Å². The number of allylic oxidation sites excluding steroid dienone is 1. The lowest BCUT2D eigenvalue weighted by atomic mass is 9.87. The molecule has 1 aromatic rings. The molecule has 0 aromatic carbocycles. The van der Waals surface area contributed by atoms with Crippen molar-refractivity contribution >= 4 is 5.82 Å². The molecule has 0 radical (unpaired) electrons. The Morgan fingerprint density at radius 1 is 1.33 bits per heavy atom. The summed E-state index contributed by atoms with van der Waals surface area (Å²) in [5.74, 6) is 0.955. The Hall–Kier alpha value is -1.38. The maximum atomic E-state index is 14.5. The molecule has 1 aliphatic heterocycles. The molecule has 0 N–H and O–H groups in total. The van der Waals surface area contributed by atoms with E-state index in [0.29, 0.717) is 31.5 Å². The van der Waals surface area contributed by atoms with Gasteiger partial charge >= 0.3 is 0 Å². The van der Waals surface area contributed by atoms with Crippen molar-refractivity contribution in [2.24, 2.45) is 5.41 Å². The standard InChI is InChI=1S/C18H27FN2/c1-14(2)18(19)8-10-21(11-9-18)16-7-6-15(13-20-16)12-17(3,4)5/h6-7,13H,1,8-12H2,2-5H3. The highest BCUT2D eigenvalue weighted by molar-refractivity contribution is 5.40. The van der Waals surface area contributed by atoms with E-state index < -0.39 is 5.67 Å². The summed E-state index contributed by atoms with van der Waals surface area (Å²) >= 11 is 0. The summed E-state index contributed by atoms with van der Waals surface area (Å²) in [5, 5.41) is 0. The summed E-state index contributed by atoms with van der Waals surface area (Å²) < 4.78 is 14.5. The van der Waals surface area contributed by atoms with E-state index >= 15 is 0 Å². The van der Waals surface area contributed by atoms with Crippen LogP contribution in [0, 0.1) is 5.41 Å². The number of hydrogen-bond donors (Lipinski definition) is 0. The summed E-state index contributed by atoms with van der Waals surface area (Å²) in [7, 11) is 0. The average Bonchev–Trinajstić information content (AvgIpc) is 2.39. The third-order valence-electron chi connectivity index (χ3n) is 4.19. The number of hydrogen-bond acceptors (Lipinski definition) is 2. The lowest BCUT2D eigenvalue weighted by molar-refractivity contribution is 0.169. The van der Waals surface area contributed by atoms with Gasteiger partial charge in [0, 0.05) is 32.1 Å². The van der Waals surface area contributed by atoms with Gasteiger partial charge in [-0.3, -0.25) is 0 Å². The van der Waals surface area contributed by atoms with Crippen molar-refractivity contribution in [1.29, 1.82) is 0 Å². The molecule has 2 rings (SSSR count). The molecule has 0 saturated carbocycles. The zero-order valence-electron chi connectivity index (χ0n) is 13.7. The predicted molar refractivity (Wildman–Crippen MR) is 87.5 cm³/mol. The number of pyridine rings is 1. The van der Waals surface area contributed by atoms with E-state index in [1.165, 1.54) is 5.56 Å². The van der Waals surface area contributed by atoms with Gasteiger partial charge in [-0.25, -0.2) is 9.37 Å². The van der Waals surface area contributed by atoms with E-state index in [0.717, 1.165) is 12.2 Å². The van der Waals surface area contributed by atoms with Crippen LogP contribution in [0.25, 0.3) is 0 Å². The highest BCUT2D eigenvalue weighted by atomic mass is 19.1. The summed E-state index contributed by atoms with van der Waals surface area (Å²) in [6.07, 6.45) is 3.99. The van der Waals surface area contributed by atoms with Gasteiger partial charge < -0.3 is 4.90 Å². The minimum absolute atomic E-state index is 0.267. The van der Waals surface area contributed by atoms with E-state index in [9.17, 15) is 4.39 Å². The molecule has 0 aliphatic carbocycles. The Labute approximate surface area is 128 Å². The number of halogens is 1. The molecule has 3 heteroatoms. The zero-order chi connectivity index (χ0) is 15.7. The molecule has 21 heavy (non-hydrogen) atoms. The first-order chi connectivity index (χ1) is 9.70. The Morgan fingerprint density at radius 2 is 1.95 bits per heavy atom. The number of piperidine rings is 1. The van der Waals surface area contributed by atoms with Crippen LogP contribution in [-0.2, 0) is 6.42 Å². The van der Waals surface area contributed by atoms with Crippen molar-refractivity contribution in [3.8, 4) is 0 Å². The lowest BCUT2D eigenvalue weighted by Gasteiger charge is -2.37. The SMILES string of the molecule is C=C(C)C1(F)CCN(c2ccc(CC(C)(C)C)cn2)CC1. The molecule has 0 bridgehead atoms. The fourth-order valence-electron chi connectivity index (χ4n) is 2.84. The number of alkyl halides is 1. The maximum Gasteiger partial charge on any atom is 0.134 e. The van der Waals surface area contributed by atoms with Crippen LogP contribution in [0.2, 0.25) is 0 Å². The molecule has 1 saturated heterocycles. The van der Waals surface area contributed by atoms with Crippen LogP contribution in [0.15, 0.2) is 30.5 Å². The molecule has 1 aromatic heterocycles. The second kappa shape index (κ2) is 5.78. The van der Waals surface area contributed by atoms with Crippen molar-refractivity contribution in [1.82, 2.24) is 4.98 Å². The number of aromatic nitrogens is 1. The minimum atomic E-state index is -1.19. The van der Waals surface area contributed by atoms with Crippen molar-refractivity contribution < 1.29 is 4.39 Å². The predicted octanol–water partition coefficient (Wildman–Crippen LogP) is 4.55. The minimum Gasteiger partial charge on any atom is -0.356 e. The van der Waals surface area contributed by atoms with Crippen LogP contribution >= 0.6 is 0 Å². The first-order valence-corrected chi connectivity index (χ1v) is 7.74. The monoisotopic (exact) mass is 290 g/mol. The first kappa shape index (κ1) is 16.0. The number of rotatable bonds is 3. The molecule has 0 amide bonds. The van der Waals surface area contributed by atoms with Gasteiger partial charge in [0.25, 0.3) is 0 Å². The van der Waals surface area contributed by atoms with Gasteiger partial charge in [-0.15, -0.1) is 0 Å². The van der Waals surface area contributed by atoms with Gasteiger partial charge in [0.2, 0.25) is 0 Å². The van der Waals surface area contributed by atoms with Crippen LogP contribution in [0.1, 0.15) is 46.1 Å². The third kappa shape index (κ3) is 4.05. The van der Waals surface area contributed by atoms with E-state index in [2.05, 4.69) is 49.4 Å². The second-order valence-corrected chi connectivity index (χ2v) is 7.49. The summed E-state index contributed by atoms with van der Waals surface area (Å²) in [4.78, 5) is 6.73. The highest BCUT2D eigenvalue weighted by Crippen LogP contribution is 2.34. The van der Waals surface area contributed by atoms with Crippen LogP contribution in [0.3, 0.4) is 0 Å². The summed E-state index contributed by atoms with van der Waals surface area (Å²) in [5.41, 5.74) is 0.979. The van der Waals surface area contributed by atoms with Gasteiger partial charge in [-0.2, -0.15) is 0 Å². The Balaban J connectivity index is 2.00. The molecular formula is C18H27FN2. The molecule has 0 spiro atoms. The van der Waals surface area contributed by atoms with Crippen molar-refractivity contribution in [3.05, 3.63) is 36.0 Å². The lowest BCUT2D eigenvalue weighted by Crippen LogP contribution is -2.42. The number of anilines is 1. The Bertz CT molecular complexity index is 491. The summed E-state index contributed by atoms with van der Waals surface area (Å²) in [6, 6.07) is 4.21. The molecule has 116 valence electrons. The van der Waals surface area contributed by atoms with Gasteiger partial charge in [-0.05, 0) is 36.0 Å². The summed E-state index contributed by atoms with van der Waals surface area (Å²) in [6.45, 7) is 13.7. The van der Waals surface area contributed by atoms with Gasteiger partial charge in [0.05, 0.1) is 0 Å². The largest absolute Gasteiger partial charge is 0.356 e. The molecule has 2 heterocycles. The molecule has 1 fully saturated rings. The fourth-order valence-corrected chi connectivity index (χ4v) is 2.84. The Morgan fingerprint density at radius 3 is 2.38 bits per heavy atom.